The maximum atomic E-state index is 11.6. The largest absolute Gasteiger partial charge is 0.326 e. The number of fused-ring (bicyclic) bond motifs is 2. The van der Waals surface area contributed by atoms with Gasteiger partial charge in [0.15, 0.2) is 0 Å². The van der Waals surface area contributed by atoms with Gasteiger partial charge in [-0.25, -0.2) is 4.99 Å². The Morgan fingerprint density at radius 3 is 3.06 bits per heavy atom. The minimum atomic E-state index is -0.139. The van der Waals surface area contributed by atoms with Gasteiger partial charge in [-0.2, -0.15) is 0 Å². The van der Waals surface area contributed by atoms with Crippen molar-refractivity contribution >= 4 is 33.5 Å². The van der Waals surface area contributed by atoms with Gasteiger partial charge >= 0.3 is 0 Å². The molecule has 1 aromatic rings. The summed E-state index contributed by atoms with van der Waals surface area (Å²) in [6, 6.07) is 3.83. The lowest BCUT2D eigenvalue weighted by Crippen LogP contribution is -2.35. The highest BCUT2D eigenvalue weighted by atomic mass is 79.9. The molecule has 88 valence electrons. The van der Waals surface area contributed by atoms with Crippen LogP contribution in [0, 0.1) is 6.92 Å². The SMILES string of the molecule is Cc1c(Br)ccc2c1CN1C(=N2)NC(=O)C1C. The number of halogens is 1. The van der Waals surface area contributed by atoms with Crippen LogP contribution in [0.25, 0.3) is 0 Å². The lowest BCUT2D eigenvalue weighted by atomic mass is 10.0. The molecule has 1 unspecified atom stereocenters. The van der Waals surface area contributed by atoms with Crippen LogP contribution in [0.15, 0.2) is 21.6 Å². The Morgan fingerprint density at radius 1 is 1.53 bits per heavy atom. The average molecular weight is 294 g/mol. The number of hydrogen-bond donors (Lipinski definition) is 1. The summed E-state index contributed by atoms with van der Waals surface area (Å²) in [5, 5.41) is 2.81. The number of rotatable bonds is 0. The van der Waals surface area contributed by atoms with Gasteiger partial charge < -0.3 is 4.90 Å². The van der Waals surface area contributed by atoms with E-state index < -0.39 is 0 Å². The van der Waals surface area contributed by atoms with Crippen molar-refractivity contribution in [1.82, 2.24) is 10.2 Å². The van der Waals surface area contributed by atoms with Crippen molar-refractivity contribution in [3.8, 4) is 0 Å². The number of guanidine groups is 1. The standard InChI is InChI=1S/C12H12BrN3O/c1-6-8-5-16-7(2)11(17)15-12(16)14-10(8)4-3-9(6)13/h3-4,7H,5H2,1-2H3,(H,14,15,17). The summed E-state index contributed by atoms with van der Waals surface area (Å²) < 4.78 is 1.08. The normalized spacial score (nSPS) is 21.8. The molecule has 1 N–H and O–H groups in total. The molecule has 0 bridgehead atoms. The lowest BCUT2D eigenvalue weighted by molar-refractivity contribution is -0.121. The van der Waals surface area contributed by atoms with E-state index in [4.69, 9.17) is 0 Å². The molecule has 4 nitrogen and oxygen atoms in total. The molecule has 1 atom stereocenters. The van der Waals surface area contributed by atoms with Gasteiger partial charge in [0.25, 0.3) is 0 Å². The van der Waals surface area contributed by atoms with Gasteiger partial charge in [-0.05, 0) is 31.5 Å². The van der Waals surface area contributed by atoms with E-state index in [9.17, 15) is 4.79 Å². The molecule has 5 heteroatoms. The van der Waals surface area contributed by atoms with E-state index in [-0.39, 0.29) is 11.9 Å². The van der Waals surface area contributed by atoms with Crippen LogP contribution in [-0.4, -0.2) is 22.8 Å². The molecule has 0 aliphatic carbocycles. The van der Waals surface area contributed by atoms with Gasteiger partial charge in [-0.15, -0.1) is 0 Å². The van der Waals surface area contributed by atoms with Crippen molar-refractivity contribution in [1.29, 1.82) is 0 Å². The highest BCUT2D eigenvalue weighted by Crippen LogP contribution is 2.34. The van der Waals surface area contributed by atoms with E-state index in [1.807, 2.05) is 24.0 Å². The second-order valence-electron chi connectivity index (χ2n) is 4.40. The molecule has 2 aliphatic rings. The fourth-order valence-corrected chi connectivity index (χ4v) is 2.59. The van der Waals surface area contributed by atoms with Gasteiger partial charge in [-0.3, -0.25) is 10.1 Å². The number of hydrogen-bond acceptors (Lipinski definition) is 3. The molecule has 1 saturated heterocycles. The van der Waals surface area contributed by atoms with E-state index in [2.05, 4.69) is 33.2 Å². The molecule has 2 heterocycles. The fraction of sp³-hybridized carbons (Fsp3) is 0.333. The molecule has 1 amide bonds. The number of nitrogens with zero attached hydrogens (tertiary/aromatic N) is 2. The zero-order valence-electron chi connectivity index (χ0n) is 9.62. The Kier molecular flexibility index (Phi) is 2.26. The van der Waals surface area contributed by atoms with Crippen molar-refractivity contribution < 1.29 is 4.79 Å². The topological polar surface area (TPSA) is 44.7 Å². The van der Waals surface area contributed by atoms with Gasteiger partial charge in [0.05, 0.1) is 5.69 Å². The van der Waals surface area contributed by atoms with Crippen molar-refractivity contribution in [3.05, 3.63) is 27.7 Å². The molecule has 3 rings (SSSR count). The highest BCUT2D eigenvalue weighted by molar-refractivity contribution is 9.10. The van der Waals surface area contributed by atoms with E-state index in [1.54, 1.807) is 0 Å². The first kappa shape index (κ1) is 10.8. The summed E-state index contributed by atoms with van der Waals surface area (Å²) in [6.45, 7) is 4.70. The van der Waals surface area contributed by atoms with Crippen LogP contribution in [0.3, 0.4) is 0 Å². The van der Waals surface area contributed by atoms with E-state index in [0.29, 0.717) is 5.96 Å². The number of amides is 1. The Morgan fingerprint density at radius 2 is 2.29 bits per heavy atom. The van der Waals surface area contributed by atoms with Gasteiger partial charge in [0.1, 0.15) is 6.04 Å². The fourth-order valence-electron chi connectivity index (χ4n) is 2.22. The third-order valence-corrected chi connectivity index (χ3v) is 4.28. The second-order valence-corrected chi connectivity index (χ2v) is 5.25. The monoisotopic (exact) mass is 293 g/mol. The van der Waals surface area contributed by atoms with Crippen LogP contribution in [0.1, 0.15) is 18.1 Å². The van der Waals surface area contributed by atoms with Crippen LogP contribution in [0.5, 0.6) is 0 Å². The summed E-state index contributed by atoms with van der Waals surface area (Å²) in [7, 11) is 0. The Labute approximate surface area is 108 Å². The maximum Gasteiger partial charge on any atom is 0.249 e. The van der Waals surface area contributed by atoms with E-state index in [1.165, 1.54) is 11.1 Å². The molecule has 0 spiro atoms. The van der Waals surface area contributed by atoms with Crippen molar-refractivity contribution in [2.45, 2.75) is 26.4 Å². The number of benzene rings is 1. The predicted octanol–water partition coefficient (Wildman–Crippen LogP) is 2.08. The minimum absolute atomic E-state index is 0.0216. The van der Waals surface area contributed by atoms with Gasteiger partial charge in [0, 0.05) is 16.6 Å². The van der Waals surface area contributed by atoms with Crippen molar-refractivity contribution in [2.75, 3.05) is 0 Å². The Bertz CT molecular complexity index is 553. The van der Waals surface area contributed by atoms with Gasteiger partial charge in [0.2, 0.25) is 11.9 Å². The van der Waals surface area contributed by atoms with E-state index in [0.717, 1.165) is 16.7 Å². The van der Waals surface area contributed by atoms with Crippen molar-refractivity contribution in [2.24, 2.45) is 4.99 Å². The summed E-state index contributed by atoms with van der Waals surface area (Å²) in [4.78, 5) is 18.1. The van der Waals surface area contributed by atoms with Gasteiger partial charge in [-0.1, -0.05) is 15.9 Å². The summed E-state index contributed by atoms with van der Waals surface area (Å²) >= 11 is 3.52. The number of carbonyl (C=O) groups is 1. The van der Waals surface area contributed by atoms with Crippen LogP contribution < -0.4 is 5.32 Å². The molecule has 0 saturated carbocycles. The molecule has 0 aromatic heterocycles. The molecular weight excluding hydrogens is 282 g/mol. The third-order valence-electron chi connectivity index (χ3n) is 3.42. The smallest absolute Gasteiger partial charge is 0.249 e. The third kappa shape index (κ3) is 1.49. The maximum absolute atomic E-state index is 11.6. The van der Waals surface area contributed by atoms with Crippen molar-refractivity contribution in [3.63, 3.8) is 0 Å². The molecule has 17 heavy (non-hydrogen) atoms. The van der Waals surface area contributed by atoms with Crippen LogP contribution >= 0.6 is 15.9 Å². The zero-order valence-corrected chi connectivity index (χ0v) is 11.2. The second kappa shape index (κ2) is 3.57. The number of nitrogens with one attached hydrogen (secondary N) is 1. The van der Waals surface area contributed by atoms with Crippen LogP contribution in [-0.2, 0) is 11.3 Å². The van der Waals surface area contributed by atoms with E-state index >= 15 is 0 Å². The molecule has 1 fully saturated rings. The first-order valence-electron chi connectivity index (χ1n) is 5.52. The highest BCUT2D eigenvalue weighted by Gasteiger charge is 2.36. The molecule has 1 aromatic carbocycles. The first-order valence-corrected chi connectivity index (χ1v) is 6.31. The zero-order chi connectivity index (χ0) is 12.2. The molecule has 0 radical (unpaired) electrons. The Balaban J connectivity index is 2.12. The van der Waals surface area contributed by atoms with Crippen LogP contribution in [0.2, 0.25) is 0 Å². The molecule has 2 aliphatic heterocycles. The Hall–Kier alpha value is -1.36. The summed E-state index contributed by atoms with van der Waals surface area (Å²) in [5.41, 5.74) is 3.33. The number of aliphatic imine (C=N–C) groups is 1. The first-order chi connectivity index (χ1) is 8.08. The lowest BCUT2D eigenvalue weighted by Gasteiger charge is -2.27. The minimum Gasteiger partial charge on any atom is -0.326 e. The quantitative estimate of drug-likeness (QED) is 0.796. The summed E-state index contributed by atoms with van der Waals surface area (Å²) in [5.74, 6) is 0.699. The average Bonchev–Trinajstić information content (AvgIpc) is 2.58. The van der Waals surface area contributed by atoms with Crippen LogP contribution in [0.4, 0.5) is 5.69 Å². The summed E-state index contributed by atoms with van der Waals surface area (Å²) in [6.07, 6.45) is 0. The molecular formula is C12H12BrN3O. The predicted molar refractivity (Wildman–Crippen MR) is 69.1 cm³/mol. The number of carbonyl (C=O) groups excluding carboxylic acids is 1.